The smallest absolute Gasteiger partial charge is 0.323 e. The van der Waals surface area contributed by atoms with Crippen LogP contribution in [-0.2, 0) is 20.8 Å². The van der Waals surface area contributed by atoms with E-state index < -0.39 is 23.9 Å². The maximum Gasteiger partial charge on any atom is 0.323 e. The fraction of sp³-hybridized carbons (Fsp3) is 0.800. The number of H-pyrrole nitrogens is 1. The number of hydrogen-bond acceptors (Lipinski definition) is 9. The Morgan fingerprint density at radius 3 is 2.32 bits per heavy atom. The first-order valence-electron chi connectivity index (χ1n) is 15.7. The molecule has 0 aliphatic carbocycles. The predicted octanol–water partition coefficient (Wildman–Crippen LogP) is 4.66. The molecule has 0 aromatic carbocycles. The van der Waals surface area contributed by atoms with Crippen molar-refractivity contribution in [1.29, 1.82) is 0 Å². The average molecular weight is 579 g/mol. The van der Waals surface area contributed by atoms with Crippen LogP contribution in [-0.4, -0.2) is 56.1 Å². The molecule has 234 valence electrons. The molecule has 41 heavy (non-hydrogen) atoms. The normalized spacial score (nSPS) is 14.7. The first kappa shape index (κ1) is 34.7. The van der Waals surface area contributed by atoms with Gasteiger partial charge in [0.2, 0.25) is 5.95 Å². The Labute approximate surface area is 244 Å². The van der Waals surface area contributed by atoms with Gasteiger partial charge in [-0.3, -0.25) is 14.6 Å². The summed E-state index contributed by atoms with van der Waals surface area (Å²) >= 11 is 0. The molecule has 0 bridgehead atoms. The van der Waals surface area contributed by atoms with Crippen molar-refractivity contribution in [3.8, 4) is 0 Å². The van der Waals surface area contributed by atoms with Gasteiger partial charge in [0, 0.05) is 12.5 Å². The van der Waals surface area contributed by atoms with Crippen LogP contribution in [0.5, 0.6) is 0 Å². The van der Waals surface area contributed by atoms with Crippen LogP contribution in [0, 0.1) is 11.8 Å². The van der Waals surface area contributed by atoms with Crippen molar-refractivity contribution in [2.24, 2.45) is 17.6 Å². The highest BCUT2D eigenvalue weighted by molar-refractivity contribution is 5.75. The molecular weight excluding hydrogens is 524 g/mol. The molecule has 2 heterocycles. The van der Waals surface area contributed by atoms with Crippen LogP contribution in [0.2, 0.25) is 0 Å². The number of aromatic nitrogens is 4. The zero-order chi connectivity index (χ0) is 30.0. The summed E-state index contributed by atoms with van der Waals surface area (Å²) in [7, 11) is 0. The second kappa shape index (κ2) is 19.6. The number of unbranched alkanes of at least 4 members (excludes halogenated alkanes) is 10. The molecule has 0 saturated carbocycles. The molecule has 6 N–H and O–H groups in total. The number of fused-ring (bicyclic) bond motifs is 1. The lowest BCUT2D eigenvalue weighted by atomic mass is 10.0. The number of imidazole rings is 1. The maximum absolute atomic E-state index is 12.3. The van der Waals surface area contributed by atoms with Crippen LogP contribution >= 0.6 is 0 Å². The summed E-state index contributed by atoms with van der Waals surface area (Å²) in [5, 5.41) is 10.5. The first-order chi connectivity index (χ1) is 19.8. The van der Waals surface area contributed by atoms with Crippen LogP contribution in [0.4, 0.5) is 5.95 Å². The van der Waals surface area contributed by atoms with E-state index in [0.29, 0.717) is 25.0 Å². The molecular formula is C30H54N6O5. The minimum Gasteiger partial charge on any atom is -0.465 e. The molecule has 0 amide bonds. The highest BCUT2D eigenvalue weighted by Crippen LogP contribution is 2.17. The Morgan fingerprint density at radius 1 is 1.05 bits per heavy atom. The number of anilines is 1. The Morgan fingerprint density at radius 2 is 1.68 bits per heavy atom. The average Bonchev–Trinajstić information content (AvgIpc) is 3.35. The van der Waals surface area contributed by atoms with E-state index in [1.54, 1.807) is 4.57 Å². The lowest BCUT2D eigenvalue weighted by molar-refractivity contribution is -0.148. The summed E-state index contributed by atoms with van der Waals surface area (Å²) in [6, 6.07) is -0.668. The highest BCUT2D eigenvalue weighted by atomic mass is 16.6. The molecule has 0 fully saturated rings. The van der Waals surface area contributed by atoms with Crippen molar-refractivity contribution < 1.29 is 19.4 Å². The van der Waals surface area contributed by atoms with Gasteiger partial charge in [-0.05, 0) is 25.2 Å². The third-order valence-electron chi connectivity index (χ3n) is 7.83. The number of carbonyl (C=O) groups is 1. The molecule has 0 aliphatic rings. The standard InChI is InChI=1S/C30H54N6O5/c1-4-6-7-8-9-10-11-12-13-14-15-16-24(37)41-20-23(17-18-40-29(39)25(31)22(3)5-2)19-36-21-33-26-27(36)34-30(32)35-28(26)38/h21-25,37H,4-20,31H2,1-3H3,(H3,32,34,35,38)/t22-,23?,24?,25-/m0/s1. The van der Waals surface area contributed by atoms with Gasteiger partial charge in [-0.1, -0.05) is 91.4 Å². The van der Waals surface area contributed by atoms with E-state index in [2.05, 4.69) is 21.9 Å². The van der Waals surface area contributed by atoms with Gasteiger partial charge < -0.3 is 30.6 Å². The van der Waals surface area contributed by atoms with E-state index >= 15 is 0 Å². The van der Waals surface area contributed by atoms with Crippen molar-refractivity contribution in [1.82, 2.24) is 19.5 Å². The summed E-state index contributed by atoms with van der Waals surface area (Å²) in [4.78, 5) is 35.4. The van der Waals surface area contributed by atoms with Crippen LogP contribution in [0.1, 0.15) is 111 Å². The summed E-state index contributed by atoms with van der Waals surface area (Å²) in [6.07, 6.45) is 16.2. The zero-order valence-electron chi connectivity index (χ0n) is 25.5. The zero-order valence-corrected chi connectivity index (χ0v) is 25.5. The molecule has 0 radical (unpaired) electrons. The number of nitrogen functional groups attached to an aromatic ring is 1. The number of nitrogens with zero attached hydrogens (tertiary/aromatic N) is 3. The second-order valence-corrected chi connectivity index (χ2v) is 11.4. The van der Waals surface area contributed by atoms with Crippen LogP contribution in [0.25, 0.3) is 11.2 Å². The quantitative estimate of drug-likeness (QED) is 0.0831. The van der Waals surface area contributed by atoms with Gasteiger partial charge in [-0.25, -0.2) is 4.98 Å². The third kappa shape index (κ3) is 12.9. The molecule has 0 spiro atoms. The fourth-order valence-corrected chi connectivity index (χ4v) is 4.83. The summed E-state index contributed by atoms with van der Waals surface area (Å²) < 4.78 is 13.0. The van der Waals surface area contributed by atoms with Crippen molar-refractivity contribution >= 4 is 23.1 Å². The number of esters is 1. The molecule has 4 atom stereocenters. The van der Waals surface area contributed by atoms with E-state index in [1.165, 1.54) is 64.1 Å². The van der Waals surface area contributed by atoms with Gasteiger partial charge in [0.25, 0.3) is 5.56 Å². The van der Waals surface area contributed by atoms with Gasteiger partial charge in [0.1, 0.15) is 6.04 Å². The number of hydrogen-bond donors (Lipinski definition) is 4. The molecule has 2 unspecified atom stereocenters. The van der Waals surface area contributed by atoms with Crippen molar-refractivity contribution in [2.45, 2.75) is 130 Å². The van der Waals surface area contributed by atoms with E-state index in [1.807, 2.05) is 13.8 Å². The minimum absolute atomic E-state index is 0.00686. The molecule has 11 nitrogen and oxygen atoms in total. The maximum atomic E-state index is 12.3. The summed E-state index contributed by atoms with van der Waals surface area (Å²) in [5.74, 6) is -0.536. The summed E-state index contributed by atoms with van der Waals surface area (Å²) in [5.41, 5.74) is 11.9. The number of aliphatic hydroxyl groups excluding tert-OH is 1. The van der Waals surface area contributed by atoms with Crippen molar-refractivity contribution in [3.63, 3.8) is 0 Å². The molecule has 0 saturated heterocycles. The van der Waals surface area contributed by atoms with Gasteiger partial charge in [0.15, 0.2) is 17.5 Å². The van der Waals surface area contributed by atoms with Gasteiger partial charge >= 0.3 is 5.97 Å². The van der Waals surface area contributed by atoms with Crippen molar-refractivity contribution in [3.05, 3.63) is 16.7 Å². The third-order valence-corrected chi connectivity index (χ3v) is 7.83. The number of nitrogens with two attached hydrogens (primary N) is 2. The number of aromatic amines is 1. The number of carbonyl (C=O) groups excluding carboxylic acids is 1. The summed E-state index contributed by atoms with van der Waals surface area (Å²) in [6.45, 7) is 6.94. The second-order valence-electron chi connectivity index (χ2n) is 11.4. The van der Waals surface area contributed by atoms with Crippen LogP contribution in [0.15, 0.2) is 11.1 Å². The molecule has 2 aromatic heterocycles. The van der Waals surface area contributed by atoms with Gasteiger partial charge in [-0.2, -0.15) is 4.98 Å². The van der Waals surface area contributed by atoms with E-state index in [4.69, 9.17) is 20.9 Å². The van der Waals surface area contributed by atoms with E-state index in [9.17, 15) is 14.7 Å². The van der Waals surface area contributed by atoms with E-state index in [-0.39, 0.29) is 36.5 Å². The Bertz CT molecular complexity index is 1060. The molecule has 0 aliphatic heterocycles. The molecule has 11 heteroatoms. The lowest BCUT2D eigenvalue weighted by Crippen LogP contribution is -2.38. The van der Waals surface area contributed by atoms with Crippen LogP contribution in [0.3, 0.4) is 0 Å². The predicted molar refractivity (Wildman–Crippen MR) is 162 cm³/mol. The largest absolute Gasteiger partial charge is 0.465 e. The Kier molecular flexibility index (Phi) is 16.6. The van der Waals surface area contributed by atoms with Crippen molar-refractivity contribution in [2.75, 3.05) is 18.9 Å². The number of nitrogens with one attached hydrogen (secondary N) is 1. The number of ether oxygens (including phenoxy) is 2. The Hall–Kier alpha value is -2.50. The topological polar surface area (TPSA) is 171 Å². The SMILES string of the molecule is CCCCCCCCCCCCCC(O)OCC(CCOC(=O)[C@@H](N)[C@@H](C)CC)Cn1cnc2c(=O)[nH]c(N)nc21. The Balaban J connectivity index is 1.81. The fourth-order valence-electron chi connectivity index (χ4n) is 4.83. The lowest BCUT2D eigenvalue weighted by Gasteiger charge is -2.21. The molecule has 2 aromatic rings. The number of aliphatic hydroxyl groups is 1. The van der Waals surface area contributed by atoms with Crippen LogP contribution < -0.4 is 17.0 Å². The monoisotopic (exact) mass is 578 g/mol. The number of rotatable bonds is 23. The molecule has 2 rings (SSSR count). The van der Waals surface area contributed by atoms with Gasteiger partial charge in [-0.15, -0.1) is 0 Å². The minimum atomic E-state index is -0.867. The van der Waals surface area contributed by atoms with E-state index in [0.717, 1.165) is 19.3 Å². The highest BCUT2D eigenvalue weighted by Gasteiger charge is 2.22. The van der Waals surface area contributed by atoms with Gasteiger partial charge in [0.05, 0.1) is 19.5 Å². The first-order valence-corrected chi connectivity index (χ1v) is 15.7.